The summed E-state index contributed by atoms with van der Waals surface area (Å²) in [4.78, 5) is 56.7. The van der Waals surface area contributed by atoms with Crippen LogP contribution in [0.4, 0.5) is 24.5 Å². The van der Waals surface area contributed by atoms with Gasteiger partial charge in [-0.3, -0.25) is 19.2 Å². The van der Waals surface area contributed by atoms with Crippen molar-refractivity contribution >= 4 is 63.0 Å². The van der Waals surface area contributed by atoms with Crippen molar-refractivity contribution in [2.75, 3.05) is 16.8 Å². The third kappa shape index (κ3) is 5.14. The van der Waals surface area contributed by atoms with Gasteiger partial charge in [-0.1, -0.05) is 89.8 Å². The smallest absolute Gasteiger partial charge is 0.418 e. The van der Waals surface area contributed by atoms with Crippen molar-refractivity contribution in [2.45, 2.75) is 22.4 Å². The number of hydrogen-bond acceptors (Lipinski definition) is 7. The van der Waals surface area contributed by atoms with E-state index in [4.69, 9.17) is 4.74 Å². The van der Waals surface area contributed by atoms with Gasteiger partial charge < -0.3 is 15.0 Å². The molecule has 2 N–H and O–H groups in total. The van der Waals surface area contributed by atoms with Gasteiger partial charge in [-0.25, -0.2) is 4.90 Å². The summed E-state index contributed by atoms with van der Waals surface area (Å²) in [6.45, 7) is -0.399. The number of anilines is 2. The largest absolute Gasteiger partial charge is 0.483 e. The van der Waals surface area contributed by atoms with Gasteiger partial charge in [0.25, 0.3) is 5.91 Å². The molecule has 5 aromatic rings. The number of carbonyl (C=O) groups excluding carboxylic acids is 3. The molecule has 46 heavy (non-hydrogen) atoms. The highest BCUT2D eigenvalue weighted by atomic mass is 32.2. The van der Waals surface area contributed by atoms with Crippen LogP contribution in [0.25, 0.3) is 10.8 Å². The average molecular weight is 662 g/mol. The van der Waals surface area contributed by atoms with Gasteiger partial charge in [-0.15, -0.1) is 0 Å². The molecule has 0 bridgehead atoms. The van der Waals surface area contributed by atoms with E-state index in [0.717, 1.165) is 46.0 Å². The number of ether oxygens (including phenoxy) is 1. The Hall–Kier alpha value is -4.88. The van der Waals surface area contributed by atoms with E-state index in [1.165, 1.54) is 12.1 Å². The van der Waals surface area contributed by atoms with Crippen molar-refractivity contribution in [3.63, 3.8) is 0 Å². The van der Waals surface area contributed by atoms with Crippen LogP contribution in [0.15, 0.2) is 101 Å². The van der Waals surface area contributed by atoms with Crippen molar-refractivity contribution in [1.82, 2.24) is 4.98 Å². The van der Waals surface area contributed by atoms with E-state index in [9.17, 15) is 32.3 Å². The first-order valence-corrected chi connectivity index (χ1v) is 15.7. The zero-order chi connectivity index (χ0) is 32.2. The Balaban J connectivity index is 1.23. The fourth-order valence-electron chi connectivity index (χ4n) is 6.03. The van der Waals surface area contributed by atoms with Crippen LogP contribution < -0.4 is 19.8 Å². The summed E-state index contributed by atoms with van der Waals surface area (Å²) in [5.74, 6) is -3.91. The Morgan fingerprint density at radius 3 is 2.43 bits per heavy atom. The number of thioether (sulfide) groups is 1. The maximum atomic E-state index is 14.1. The number of H-pyrrole nitrogens is 1. The minimum atomic E-state index is -4.81. The lowest BCUT2D eigenvalue weighted by Crippen LogP contribution is -2.33. The molecule has 7 rings (SSSR count). The lowest BCUT2D eigenvalue weighted by molar-refractivity contribution is -0.137. The second-order valence-electron chi connectivity index (χ2n) is 10.7. The molecular formula is C33H22F3N3O5S2. The van der Waals surface area contributed by atoms with Crippen LogP contribution in [0.1, 0.15) is 21.9 Å². The molecule has 0 spiro atoms. The van der Waals surface area contributed by atoms with Crippen LogP contribution in [-0.2, 0) is 20.6 Å². The highest BCUT2D eigenvalue weighted by Gasteiger charge is 2.57. The summed E-state index contributed by atoms with van der Waals surface area (Å²) in [6.07, 6.45) is -4.81. The molecule has 0 radical (unpaired) electrons. The van der Waals surface area contributed by atoms with Crippen LogP contribution in [0.2, 0.25) is 0 Å². The van der Waals surface area contributed by atoms with Crippen LogP contribution in [-0.4, -0.2) is 34.6 Å². The second-order valence-corrected chi connectivity index (χ2v) is 12.8. The van der Waals surface area contributed by atoms with Crippen molar-refractivity contribution in [3.8, 4) is 5.75 Å². The SMILES string of the molecule is O=C(COc1ccccc1C1c2sc(=O)[nH]c2SC2C(=O)N(c3ccccc3C(F)(F)F)C(=O)C21)Nc1cccc2ccccc12. The number of alkyl halides is 3. The molecule has 0 saturated carbocycles. The molecule has 2 aliphatic heterocycles. The summed E-state index contributed by atoms with van der Waals surface area (Å²) >= 11 is 1.81. The number of para-hydroxylation sites is 2. The van der Waals surface area contributed by atoms with E-state index in [-0.39, 0.29) is 5.75 Å². The molecule has 2 aliphatic rings. The number of benzene rings is 4. The number of aromatic amines is 1. The van der Waals surface area contributed by atoms with E-state index in [2.05, 4.69) is 10.3 Å². The minimum absolute atomic E-state index is 0.229. The predicted octanol–water partition coefficient (Wildman–Crippen LogP) is 6.42. The Kier molecular flexibility index (Phi) is 7.44. The first-order valence-electron chi connectivity index (χ1n) is 14.0. The number of thiazole rings is 1. The molecule has 8 nitrogen and oxygen atoms in total. The zero-order valence-corrected chi connectivity index (χ0v) is 25.2. The normalized spacial score (nSPS) is 19.2. The predicted molar refractivity (Wildman–Crippen MR) is 168 cm³/mol. The zero-order valence-electron chi connectivity index (χ0n) is 23.5. The summed E-state index contributed by atoms with van der Waals surface area (Å²) in [5, 5.41) is 3.89. The number of rotatable bonds is 6. The van der Waals surface area contributed by atoms with Crippen molar-refractivity contribution < 1.29 is 32.3 Å². The van der Waals surface area contributed by atoms with E-state index >= 15 is 0 Å². The summed E-state index contributed by atoms with van der Waals surface area (Å²) < 4.78 is 47.8. The molecule has 3 atom stereocenters. The van der Waals surface area contributed by atoms with Crippen molar-refractivity contribution in [2.24, 2.45) is 5.92 Å². The maximum absolute atomic E-state index is 14.1. The Morgan fingerprint density at radius 2 is 1.61 bits per heavy atom. The number of carbonyl (C=O) groups is 3. The molecule has 3 amide bonds. The quantitative estimate of drug-likeness (QED) is 0.203. The Labute approximate surface area is 267 Å². The van der Waals surface area contributed by atoms with Gasteiger partial charge in [0, 0.05) is 27.4 Å². The fraction of sp³-hybridized carbons (Fsp3) is 0.152. The van der Waals surface area contributed by atoms with Gasteiger partial charge in [0.1, 0.15) is 11.0 Å². The number of nitrogens with one attached hydrogen (secondary N) is 2. The summed E-state index contributed by atoms with van der Waals surface area (Å²) in [5.41, 5.74) is -0.645. The summed E-state index contributed by atoms with van der Waals surface area (Å²) in [7, 11) is 0. The Morgan fingerprint density at radius 1 is 0.891 bits per heavy atom. The minimum Gasteiger partial charge on any atom is -0.483 e. The summed E-state index contributed by atoms with van der Waals surface area (Å²) in [6, 6.07) is 24.1. The monoisotopic (exact) mass is 661 g/mol. The fourth-order valence-corrected chi connectivity index (χ4v) is 8.54. The average Bonchev–Trinajstić information content (AvgIpc) is 3.53. The highest BCUT2D eigenvalue weighted by molar-refractivity contribution is 8.00. The standard InChI is InChI=1S/C33H22F3N3O5S2/c34-33(35,36)20-12-4-5-14-22(20)39-30(41)26-25(27-29(38-32(43)46-27)45-28(26)31(39)42)19-11-3-6-15-23(19)44-16-24(40)37-21-13-7-9-17-8-1-2-10-18(17)21/h1-15,25-26,28H,16H2,(H,37,40)(H,38,43). The maximum Gasteiger partial charge on any atom is 0.418 e. The topological polar surface area (TPSA) is 109 Å². The van der Waals surface area contributed by atoms with E-state index in [0.29, 0.717) is 26.1 Å². The number of aromatic nitrogens is 1. The third-order valence-corrected chi connectivity index (χ3v) is 10.4. The van der Waals surface area contributed by atoms with E-state index in [1.54, 1.807) is 30.3 Å². The molecule has 0 aliphatic carbocycles. The second kappa shape index (κ2) is 11.5. The Bertz CT molecular complexity index is 2090. The van der Waals surface area contributed by atoms with Crippen LogP contribution >= 0.6 is 23.1 Å². The van der Waals surface area contributed by atoms with Crippen molar-refractivity contribution in [1.29, 1.82) is 0 Å². The third-order valence-electron chi connectivity index (χ3n) is 7.95. The first-order chi connectivity index (χ1) is 22.1. The van der Waals surface area contributed by atoms with Gasteiger partial charge in [-0.05, 0) is 29.7 Å². The molecule has 13 heteroatoms. The molecule has 232 valence electrons. The number of imide groups is 1. The van der Waals surface area contributed by atoms with Crippen molar-refractivity contribution in [3.05, 3.63) is 117 Å². The lowest BCUT2D eigenvalue weighted by Gasteiger charge is -2.30. The number of amides is 3. The molecule has 1 fully saturated rings. The van der Waals surface area contributed by atoms with Gasteiger partial charge in [-0.2, -0.15) is 13.2 Å². The molecule has 4 aromatic carbocycles. The molecular weight excluding hydrogens is 640 g/mol. The van der Waals surface area contributed by atoms with Gasteiger partial charge >= 0.3 is 11.0 Å². The number of nitrogens with zero attached hydrogens (tertiary/aromatic N) is 1. The van der Waals surface area contributed by atoms with Crippen LogP contribution in [0, 0.1) is 5.92 Å². The molecule has 1 aromatic heterocycles. The number of fused-ring (bicyclic) bond motifs is 3. The van der Waals surface area contributed by atoms with Crippen LogP contribution in [0.5, 0.6) is 5.75 Å². The number of hydrogen-bond donors (Lipinski definition) is 2. The van der Waals surface area contributed by atoms with E-state index in [1.807, 2.05) is 36.4 Å². The van der Waals surface area contributed by atoms with Gasteiger partial charge in [0.15, 0.2) is 6.61 Å². The lowest BCUT2D eigenvalue weighted by atomic mass is 9.82. The van der Waals surface area contributed by atoms with E-state index < -0.39 is 63.7 Å². The number of halogens is 3. The molecule has 1 saturated heterocycles. The van der Waals surface area contributed by atoms with Gasteiger partial charge in [0.2, 0.25) is 11.8 Å². The molecule has 3 heterocycles. The van der Waals surface area contributed by atoms with Crippen LogP contribution in [0.3, 0.4) is 0 Å². The highest BCUT2D eigenvalue weighted by Crippen LogP contribution is 2.55. The molecule has 3 unspecified atom stereocenters. The van der Waals surface area contributed by atoms with Gasteiger partial charge in [0.05, 0.1) is 22.2 Å². The first kappa shape index (κ1) is 29.8.